The summed E-state index contributed by atoms with van der Waals surface area (Å²) in [5, 5.41) is 0. The van der Waals surface area contributed by atoms with Gasteiger partial charge in [0, 0.05) is 6.54 Å². The lowest BCUT2D eigenvalue weighted by Crippen LogP contribution is -2.32. The fourth-order valence-corrected chi connectivity index (χ4v) is 1.47. The summed E-state index contributed by atoms with van der Waals surface area (Å²) >= 11 is 0. The maximum Gasteiger partial charge on any atom is 0.0838 e. The van der Waals surface area contributed by atoms with Crippen LogP contribution in [0.2, 0.25) is 0 Å². The van der Waals surface area contributed by atoms with E-state index in [4.69, 9.17) is 4.84 Å². The number of nitrogens with one attached hydrogen (secondary N) is 1. The van der Waals surface area contributed by atoms with Gasteiger partial charge in [-0.05, 0) is 26.7 Å². The highest BCUT2D eigenvalue weighted by Gasteiger charge is 2.14. The van der Waals surface area contributed by atoms with Gasteiger partial charge in [-0.25, -0.2) is 5.48 Å². The van der Waals surface area contributed by atoms with Gasteiger partial charge in [0.05, 0.1) is 5.60 Å². The van der Waals surface area contributed by atoms with Gasteiger partial charge in [0.2, 0.25) is 0 Å². The highest BCUT2D eigenvalue weighted by Crippen LogP contribution is 2.11. The molecule has 2 heteroatoms. The molecule has 0 aliphatic rings. The molecule has 2 nitrogen and oxygen atoms in total. The van der Waals surface area contributed by atoms with Crippen molar-refractivity contribution in [1.82, 2.24) is 5.48 Å². The van der Waals surface area contributed by atoms with Crippen LogP contribution < -0.4 is 5.48 Å². The van der Waals surface area contributed by atoms with Gasteiger partial charge in [0.25, 0.3) is 0 Å². The first kappa shape index (κ1) is 15.9. The SMILES string of the molecule is CCCCCCCCCNOC(C)(C)CC. The quantitative estimate of drug-likeness (QED) is 0.417. The zero-order valence-corrected chi connectivity index (χ0v) is 11.8. The number of hydrogen-bond donors (Lipinski definition) is 1. The molecule has 0 aliphatic carbocycles. The summed E-state index contributed by atoms with van der Waals surface area (Å²) in [6.45, 7) is 9.62. The van der Waals surface area contributed by atoms with Gasteiger partial charge in [-0.1, -0.05) is 52.4 Å². The molecule has 0 bridgehead atoms. The average molecular weight is 229 g/mol. The van der Waals surface area contributed by atoms with E-state index in [1.807, 2.05) is 0 Å². The Morgan fingerprint density at radius 3 is 2.00 bits per heavy atom. The normalized spacial score (nSPS) is 12.0. The highest BCUT2D eigenvalue weighted by atomic mass is 16.7. The highest BCUT2D eigenvalue weighted by molar-refractivity contribution is 4.63. The predicted molar refractivity (Wildman–Crippen MR) is 71.5 cm³/mol. The molecule has 16 heavy (non-hydrogen) atoms. The van der Waals surface area contributed by atoms with E-state index >= 15 is 0 Å². The van der Waals surface area contributed by atoms with Crippen LogP contribution in [0.15, 0.2) is 0 Å². The predicted octanol–water partition coefficient (Wildman–Crippen LogP) is 4.45. The molecule has 0 amide bonds. The van der Waals surface area contributed by atoms with Gasteiger partial charge in [-0.3, -0.25) is 4.84 Å². The molecule has 0 radical (unpaired) electrons. The summed E-state index contributed by atoms with van der Waals surface area (Å²) < 4.78 is 0. The van der Waals surface area contributed by atoms with Crippen molar-refractivity contribution < 1.29 is 4.84 Å². The fourth-order valence-electron chi connectivity index (χ4n) is 1.47. The van der Waals surface area contributed by atoms with Crippen LogP contribution in [0.5, 0.6) is 0 Å². The monoisotopic (exact) mass is 229 g/mol. The third kappa shape index (κ3) is 10.4. The Hall–Kier alpha value is -0.0800. The molecule has 0 heterocycles. The third-order valence-corrected chi connectivity index (χ3v) is 3.08. The van der Waals surface area contributed by atoms with Gasteiger partial charge >= 0.3 is 0 Å². The Morgan fingerprint density at radius 1 is 0.875 bits per heavy atom. The second-order valence-corrected chi connectivity index (χ2v) is 5.23. The molecule has 0 fully saturated rings. The zero-order chi connectivity index (χ0) is 12.3. The van der Waals surface area contributed by atoms with Crippen LogP contribution in [-0.2, 0) is 4.84 Å². The zero-order valence-electron chi connectivity index (χ0n) is 11.8. The van der Waals surface area contributed by atoms with E-state index in [9.17, 15) is 0 Å². The number of hydrogen-bond acceptors (Lipinski definition) is 2. The van der Waals surface area contributed by atoms with E-state index in [1.54, 1.807) is 0 Å². The second kappa shape index (κ2) is 10.1. The molecule has 0 aliphatic heterocycles. The summed E-state index contributed by atoms with van der Waals surface area (Å²) in [7, 11) is 0. The fraction of sp³-hybridized carbons (Fsp3) is 1.00. The lowest BCUT2D eigenvalue weighted by atomic mass is 10.1. The van der Waals surface area contributed by atoms with E-state index in [1.165, 1.54) is 44.9 Å². The van der Waals surface area contributed by atoms with Crippen molar-refractivity contribution in [2.24, 2.45) is 0 Å². The van der Waals surface area contributed by atoms with E-state index in [2.05, 4.69) is 33.2 Å². The number of unbranched alkanes of at least 4 members (excludes halogenated alkanes) is 6. The standard InChI is InChI=1S/C14H31NO/c1-5-7-8-9-10-11-12-13-15-16-14(3,4)6-2/h15H,5-13H2,1-4H3. The van der Waals surface area contributed by atoms with Crippen molar-refractivity contribution in [3.8, 4) is 0 Å². The molecule has 0 unspecified atom stereocenters. The summed E-state index contributed by atoms with van der Waals surface area (Å²) in [6.07, 6.45) is 10.5. The van der Waals surface area contributed by atoms with Crippen molar-refractivity contribution in [3.63, 3.8) is 0 Å². The van der Waals surface area contributed by atoms with Gasteiger partial charge < -0.3 is 0 Å². The Balaban J connectivity index is 3.10. The minimum Gasteiger partial charge on any atom is -0.296 e. The van der Waals surface area contributed by atoms with Crippen LogP contribution >= 0.6 is 0 Å². The van der Waals surface area contributed by atoms with Crippen LogP contribution in [0, 0.1) is 0 Å². The van der Waals surface area contributed by atoms with Gasteiger partial charge in [-0.15, -0.1) is 0 Å². The van der Waals surface area contributed by atoms with E-state index in [0.29, 0.717) is 0 Å². The summed E-state index contributed by atoms with van der Waals surface area (Å²) in [5.74, 6) is 0. The molecule has 98 valence electrons. The van der Waals surface area contributed by atoms with Crippen LogP contribution in [-0.4, -0.2) is 12.1 Å². The van der Waals surface area contributed by atoms with Crippen molar-refractivity contribution in [1.29, 1.82) is 0 Å². The summed E-state index contributed by atoms with van der Waals surface area (Å²) in [5.41, 5.74) is 3.05. The van der Waals surface area contributed by atoms with E-state index in [-0.39, 0.29) is 5.60 Å². The topological polar surface area (TPSA) is 21.3 Å². The molecule has 0 spiro atoms. The molecule has 0 aromatic rings. The average Bonchev–Trinajstić information content (AvgIpc) is 2.27. The Bertz CT molecular complexity index is 146. The van der Waals surface area contributed by atoms with Gasteiger partial charge in [0.15, 0.2) is 0 Å². The minimum atomic E-state index is -0.0267. The number of hydroxylamine groups is 1. The summed E-state index contributed by atoms with van der Waals surface area (Å²) in [6, 6.07) is 0. The molecular weight excluding hydrogens is 198 g/mol. The first-order chi connectivity index (χ1) is 7.62. The maximum absolute atomic E-state index is 5.57. The first-order valence-electron chi connectivity index (χ1n) is 7.03. The molecule has 0 saturated carbocycles. The van der Waals surface area contributed by atoms with Gasteiger partial charge in [0.1, 0.15) is 0 Å². The minimum absolute atomic E-state index is 0.0267. The largest absolute Gasteiger partial charge is 0.296 e. The van der Waals surface area contributed by atoms with Crippen molar-refractivity contribution in [3.05, 3.63) is 0 Å². The molecule has 0 rings (SSSR count). The Labute approximate surface area is 102 Å². The smallest absolute Gasteiger partial charge is 0.0838 e. The molecule has 0 aromatic carbocycles. The Morgan fingerprint density at radius 2 is 1.44 bits per heavy atom. The third-order valence-electron chi connectivity index (χ3n) is 3.08. The second-order valence-electron chi connectivity index (χ2n) is 5.23. The molecule has 0 atom stereocenters. The summed E-state index contributed by atoms with van der Waals surface area (Å²) in [4.78, 5) is 5.57. The molecular formula is C14H31NO. The molecule has 1 N–H and O–H groups in total. The lowest BCUT2D eigenvalue weighted by Gasteiger charge is -2.23. The maximum atomic E-state index is 5.57. The van der Waals surface area contributed by atoms with Crippen LogP contribution in [0.25, 0.3) is 0 Å². The van der Waals surface area contributed by atoms with Gasteiger partial charge in [-0.2, -0.15) is 0 Å². The van der Waals surface area contributed by atoms with E-state index in [0.717, 1.165) is 13.0 Å². The van der Waals surface area contributed by atoms with Crippen molar-refractivity contribution >= 4 is 0 Å². The van der Waals surface area contributed by atoms with E-state index < -0.39 is 0 Å². The number of rotatable bonds is 11. The Kier molecular flexibility index (Phi) is 10.0. The van der Waals surface area contributed by atoms with Crippen molar-refractivity contribution in [2.45, 2.75) is 84.7 Å². The molecule has 0 saturated heterocycles. The van der Waals surface area contributed by atoms with Crippen molar-refractivity contribution in [2.75, 3.05) is 6.54 Å². The lowest BCUT2D eigenvalue weighted by molar-refractivity contribution is -0.0861. The molecule has 0 aromatic heterocycles. The van der Waals surface area contributed by atoms with Crippen LogP contribution in [0.4, 0.5) is 0 Å². The first-order valence-corrected chi connectivity index (χ1v) is 7.03. The van der Waals surface area contributed by atoms with Crippen LogP contribution in [0.1, 0.15) is 79.1 Å². The van der Waals surface area contributed by atoms with Crippen LogP contribution in [0.3, 0.4) is 0 Å².